The first-order chi connectivity index (χ1) is 8.54. The highest BCUT2D eigenvalue weighted by molar-refractivity contribution is 5.69. The molecule has 94 valence electrons. The zero-order valence-corrected chi connectivity index (χ0v) is 9.24. The largest absolute Gasteiger partial charge is 0.435 e. The lowest BCUT2D eigenvalue weighted by molar-refractivity contribution is -0.0497. The van der Waals surface area contributed by atoms with Crippen LogP contribution >= 0.6 is 0 Å². The van der Waals surface area contributed by atoms with Crippen LogP contribution in [-0.4, -0.2) is 6.61 Å². The molecular formula is C13H10F3NO. The Bertz CT molecular complexity index is 558. The summed E-state index contributed by atoms with van der Waals surface area (Å²) < 4.78 is 41.6. The molecule has 0 atom stereocenters. The molecule has 0 fully saturated rings. The van der Waals surface area contributed by atoms with E-state index in [9.17, 15) is 13.2 Å². The molecule has 0 aliphatic rings. The maximum Gasteiger partial charge on any atom is 0.387 e. The van der Waals surface area contributed by atoms with E-state index >= 15 is 0 Å². The summed E-state index contributed by atoms with van der Waals surface area (Å²) in [5, 5.41) is 0. The molecule has 5 heteroatoms. The van der Waals surface area contributed by atoms with E-state index in [1.807, 2.05) is 0 Å². The number of benzene rings is 2. The molecule has 0 aliphatic heterocycles. The van der Waals surface area contributed by atoms with Crippen LogP contribution in [-0.2, 0) is 0 Å². The van der Waals surface area contributed by atoms with E-state index in [4.69, 9.17) is 5.73 Å². The highest BCUT2D eigenvalue weighted by Crippen LogP contribution is 2.28. The van der Waals surface area contributed by atoms with E-state index in [2.05, 4.69) is 4.74 Å². The third-order valence-electron chi connectivity index (χ3n) is 2.31. The first-order valence-corrected chi connectivity index (χ1v) is 5.16. The number of nitrogens with two attached hydrogens (primary N) is 1. The van der Waals surface area contributed by atoms with E-state index in [0.717, 1.165) is 0 Å². The summed E-state index contributed by atoms with van der Waals surface area (Å²) in [4.78, 5) is 0. The van der Waals surface area contributed by atoms with Crippen LogP contribution in [0.1, 0.15) is 0 Å². The first-order valence-electron chi connectivity index (χ1n) is 5.16. The molecule has 18 heavy (non-hydrogen) atoms. The van der Waals surface area contributed by atoms with Gasteiger partial charge in [0.25, 0.3) is 0 Å². The molecule has 0 saturated carbocycles. The number of ether oxygens (including phenoxy) is 1. The molecule has 0 radical (unpaired) electrons. The molecule has 0 amide bonds. The molecule has 2 rings (SSSR count). The average Bonchev–Trinajstić information content (AvgIpc) is 2.27. The molecule has 2 N–H and O–H groups in total. The number of anilines is 1. The number of halogens is 3. The van der Waals surface area contributed by atoms with E-state index < -0.39 is 12.4 Å². The molecule has 0 aliphatic carbocycles. The van der Waals surface area contributed by atoms with Crippen LogP contribution in [0.2, 0.25) is 0 Å². The Kier molecular flexibility index (Phi) is 3.41. The number of nitrogen functional groups attached to an aromatic ring is 1. The normalized spacial score (nSPS) is 10.7. The third kappa shape index (κ3) is 2.94. The van der Waals surface area contributed by atoms with Crippen molar-refractivity contribution in [2.24, 2.45) is 0 Å². The van der Waals surface area contributed by atoms with Gasteiger partial charge in [0.15, 0.2) is 0 Å². The van der Waals surface area contributed by atoms with Crippen LogP contribution < -0.4 is 10.5 Å². The molecule has 2 nitrogen and oxygen atoms in total. The smallest absolute Gasteiger partial charge is 0.387 e. The minimum Gasteiger partial charge on any atom is -0.435 e. The standard InChI is InChI=1S/C13H10F3NO/c14-10-3-1-2-8(4-10)9-5-11(17)7-12(6-9)18-13(15)16/h1-7,13H,17H2. The molecule has 0 heterocycles. The predicted molar refractivity (Wildman–Crippen MR) is 62.9 cm³/mol. The van der Waals surface area contributed by atoms with Crippen molar-refractivity contribution in [2.45, 2.75) is 6.61 Å². The third-order valence-corrected chi connectivity index (χ3v) is 2.31. The minimum absolute atomic E-state index is 0.0516. The van der Waals surface area contributed by atoms with Crippen molar-refractivity contribution in [3.8, 4) is 16.9 Å². The van der Waals surface area contributed by atoms with Crippen molar-refractivity contribution in [3.05, 3.63) is 48.3 Å². The summed E-state index contributed by atoms with van der Waals surface area (Å²) in [5.41, 5.74) is 6.92. The molecule has 0 bridgehead atoms. The number of hydrogen-bond acceptors (Lipinski definition) is 2. The molecule has 0 aromatic heterocycles. The lowest BCUT2D eigenvalue weighted by atomic mass is 10.0. The van der Waals surface area contributed by atoms with Gasteiger partial charge in [0, 0.05) is 11.8 Å². The predicted octanol–water partition coefficient (Wildman–Crippen LogP) is 3.68. The zero-order valence-electron chi connectivity index (χ0n) is 9.24. The van der Waals surface area contributed by atoms with Crippen LogP contribution in [0, 0.1) is 5.82 Å². The van der Waals surface area contributed by atoms with Crippen molar-refractivity contribution in [1.29, 1.82) is 0 Å². The molecule has 0 unspecified atom stereocenters. The number of hydrogen-bond donors (Lipinski definition) is 1. The Morgan fingerprint density at radius 2 is 1.78 bits per heavy atom. The lowest BCUT2D eigenvalue weighted by Crippen LogP contribution is -2.02. The second kappa shape index (κ2) is 5.00. The zero-order chi connectivity index (χ0) is 13.1. The van der Waals surface area contributed by atoms with Crippen molar-refractivity contribution >= 4 is 5.69 Å². The van der Waals surface area contributed by atoms with E-state index in [-0.39, 0.29) is 11.4 Å². The summed E-state index contributed by atoms with van der Waals surface area (Å²) in [6.45, 7) is -2.92. The van der Waals surface area contributed by atoms with E-state index in [1.54, 1.807) is 12.1 Å². The van der Waals surface area contributed by atoms with Gasteiger partial charge in [0.2, 0.25) is 0 Å². The molecule has 2 aromatic carbocycles. The van der Waals surface area contributed by atoms with Gasteiger partial charge < -0.3 is 10.5 Å². The van der Waals surface area contributed by atoms with Gasteiger partial charge in [-0.25, -0.2) is 4.39 Å². The van der Waals surface area contributed by atoms with Crippen LogP contribution in [0.3, 0.4) is 0 Å². The SMILES string of the molecule is Nc1cc(OC(F)F)cc(-c2cccc(F)c2)c1. The Morgan fingerprint density at radius 1 is 1.00 bits per heavy atom. The monoisotopic (exact) mass is 253 g/mol. The topological polar surface area (TPSA) is 35.2 Å². The Hall–Kier alpha value is -2.17. The summed E-state index contributed by atoms with van der Waals surface area (Å²) >= 11 is 0. The second-order valence-corrected chi connectivity index (χ2v) is 3.68. The van der Waals surface area contributed by atoms with Gasteiger partial charge in [-0.1, -0.05) is 12.1 Å². The fourth-order valence-corrected chi connectivity index (χ4v) is 1.63. The summed E-state index contributed by atoms with van der Waals surface area (Å²) in [7, 11) is 0. The van der Waals surface area contributed by atoms with E-state index in [0.29, 0.717) is 11.1 Å². The molecule has 0 spiro atoms. The van der Waals surface area contributed by atoms with Gasteiger partial charge in [0.05, 0.1) is 0 Å². The lowest BCUT2D eigenvalue weighted by Gasteiger charge is -2.09. The minimum atomic E-state index is -2.92. The molecule has 0 saturated heterocycles. The number of rotatable bonds is 3. The van der Waals surface area contributed by atoms with E-state index in [1.165, 1.54) is 30.3 Å². The van der Waals surface area contributed by atoms with Gasteiger partial charge in [-0.3, -0.25) is 0 Å². The average molecular weight is 253 g/mol. The summed E-state index contributed by atoms with van der Waals surface area (Å²) in [6.07, 6.45) is 0. The Morgan fingerprint density at radius 3 is 2.44 bits per heavy atom. The van der Waals surface area contributed by atoms with Gasteiger partial charge >= 0.3 is 6.61 Å². The van der Waals surface area contributed by atoms with Crippen molar-refractivity contribution in [3.63, 3.8) is 0 Å². The number of alkyl halides is 2. The van der Waals surface area contributed by atoms with Crippen molar-refractivity contribution < 1.29 is 17.9 Å². The van der Waals surface area contributed by atoms with Crippen molar-refractivity contribution in [2.75, 3.05) is 5.73 Å². The fraction of sp³-hybridized carbons (Fsp3) is 0.0769. The Labute approximate surface area is 102 Å². The first kappa shape index (κ1) is 12.3. The maximum absolute atomic E-state index is 13.1. The van der Waals surface area contributed by atoms with Crippen LogP contribution in [0.25, 0.3) is 11.1 Å². The van der Waals surface area contributed by atoms with Gasteiger partial charge in [0.1, 0.15) is 11.6 Å². The Balaban J connectivity index is 2.41. The van der Waals surface area contributed by atoms with Gasteiger partial charge in [-0.05, 0) is 35.4 Å². The van der Waals surface area contributed by atoms with Crippen LogP contribution in [0.5, 0.6) is 5.75 Å². The molecule has 2 aromatic rings. The highest BCUT2D eigenvalue weighted by Gasteiger charge is 2.08. The van der Waals surface area contributed by atoms with Crippen LogP contribution in [0.4, 0.5) is 18.9 Å². The summed E-state index contributed by atoms with van der Waals surface area (Å²) in [6, 6.07) is 10.0. The van der Waals surface area contributed by atoms with Gasteiger partial charge in [-0.15, -0.1) is 0 Å². The van der Waals surface area contributed by atoms with Crippen molar-refractivity contribution in [1.82, 2.24) is 0 Å². The fourth-order valence-electron chi connectivity index (χ4n) is 1.63. The van der Waals surface area contributed by atoms with Gasteiger partial charge in [-0.2, -0.15) is 8.78 Å². The summed E-state index contributed by atoms with van der Waals surface area (Å²) in [5.74, 6) is -0.462. The maximum atomic E-state index is 13.1. The highest BCUT2D eigenvalue weighted by atomic mass is 19.3. The molecular weight excluding hydrogens is 243 g/mol. The second-order valence-electron chi connectivity index (χ2n) is 3.68. The van der Waals surface area contributed by atoms with Crippen LogP contribution in [0.15, 0.2) is 42.5 Å². The quantitative estimate of drug-likeness (QED) is 0.847.